The molecule has 0 atom stereocenters. The van der Waals surface area contributed by atoms with E-state index in [-0.39, 0.29) is 32.9 Å². The van der Waals surface area contributed by atoms with E-state index >= 15 is 0 Å². The second kappa shape index (κ2) is 5.61. The van der Waals surface area contributed by atoms with Crippen molar-refractivity contribution in [3.8, 4) is 11.5 Å². The summed E-state index contributed by atoms with van der Waals surface area (Å²) >= 11 is 0.861. The van der Waals surface area contributed by atoms with Crippen LogP contribution in [0.3, 0.4) is 0 Å². The van der Waals surface area contributed by atoms with Crippen molar-refractivity contribution in [2.24, 2.45) is 0 Å². The molecule has 2 aromatic heterocycles. The van der Waals surface area contributed by atoms with Crippen LogP contribution in [0.25, 0.3) is 11.5 Å². The van der Waals surface area contributed by atoms with Gasteiger partial charge in [0.05, 0.1) is 12.4 Å². The highest BCUT2D eigenvalue weighted by Crippen LogP contribution is 2.40. The first-order valence-corrected chi connectivity index (χ1v) is 8.24. The van der Waals surface area contributed by atoms with Crippen molar-refractivity contribution in [2.45, 2.75) is 20.0 Å². The van der Waals surface area contributed by atoms with Gasteiger partial charge in [-0.1, -0.05) is 11.3 Å². The second-order valence-electron chi connectivity index (χ2n) is 4.36. The van der Waals surface area contributed by atoms with Gasteiger partial charge in [-0.25, -0.2) is 9.78 Å². The first-order valence-electron chi connectivity index (χ1n) is 5.81. The number of carbonyl (C=O) groups is 1. The number of rotatable bonds is 4. The molecule has 0 amide bonds. The van der Waals surface area contributed by atoms with E-state index in [4.69, 9.17) is 14.9 Å². The lowest BCUT2D eigenvalue weighted by Crippen LogP contribution is -2.12. The molecule has 10 heteroatoms. The summed E-state index contributed by atoms with van der Waals surface area (Å²) in [6, 6.07) is 1.13. The average Bonchev–Trinajstić information content (AvgIpc) is 2.92. The van der Waals surface area contributed by atoms with Crippen molar-refractivity contribution in [3.63, 3.8) is 0 Å². The number of aromatic nitrogens is 1. The average molecular weight is 332 g/mol. The number of thiazole rings is 1. The summed E-state index contributed by atoms with van der Waals surface area (Å²) in [4.78, 5) is 34.5. The highest BCUT2D eigenvalue weighted by molar-refractivity contribution is 7.60. The largest absolute Gasteiger partial charge is 0.462 e. The van der Waals surface area contributed by atoms with E-state index in [0.29, 0.717) is 0 Å². The van der Waals surface area contributed by atoms with Crippen LogP contribution in [0.4, 0.5) is 5.13 Å². The zero-order chi connectivity index (χ0) is 15.8. The van der Waals surface area contributed by atoms with Crippen LogP contribution in [0.15, 0.2) is 16.7 Å². The third-order valence-electron chi connectivity index (χ3n) is 2.35. The van der Waals surface area contributed by atoms with Gasteiger partial charge < -0.3 is 24.7 Å². The topological polar surface area (TPSA) is 136 Å². The lowest BCUT2D eigenvalue weighted by molar-refractivity contribution is 0.0384. The van der Waals surface area contributed by atoms with Gasteiger partial charge >= 0.3 is 13.6 Å². The lowest BCUT2D eigenvalue weighted by Gasteiger charge is -2.07. The Morgan fingerprint density at radius 1 is 1.52 bits per heavy atom. The number of carbonyl (C=O) groups excluding carboxylic acids is 1. The standard InChI is InChI=1S/C11H13N2O6PS/c1-5(2)19-10(14)9-7(13-11(12)21-9)8-6(3-4-18-8)20(15,16)17/h3-5H,1-2H3,(H2,12,13)(H2,15,16,17). The number of anilines is 1. The molecule has 0 radical (unpaired) electrons. The number of furan rings is 1. The minimum atomic E-state index is -4.56. The minimum absolute atomic E-state index is 0.0332. The number of nitrogen functional groups attached to an aromatic ring is 1. The molecule has 114 valence electrons. The monoisotopic (exact) mass is 332 g/mol. The van der Waals surface area contributed by atoms with E-state index in [0.717, 1.165) is 23.7 Å². The molecule has 0 saturated carbocycles. The number of nitrogens with zero attached hydrogens (tertiary/aromatic N) is 1. The van der Waals surface area contributed by atoms with E-state index in [9.17, 15) is 19.1 Å². The van der Waals surface area contributed by atoms with Crippen LogP contribution in [0.2, 0.25) is 0 Å². The van der Waals surface area contributed by atoms with E-state index in [2.05, 4.69) is 4.98 Å². The fourth-order valence-electron chi connectivity index (χ4n) is 1.61. The summed E-state index contributed by atoms with van der Waals surface area (Å²) < 4.78 is 21.5. The molecule has 0 aliphatic rings. The summed E-state index contributed by atoms with van der Waals surface area (Å²) in [7, 11) is -4.56. The number of esters is 1. The van der Waals surface area contributed by atoms with Gasteiger partial charge in [0.25, 0.3) is 0 Å². The fraction of sp³-hybridized carbons (Fsp3) is 0.273. The highest BCUT2D eigenvalue weighted by atomic mass is 32.1. The number of hydrogen-bond donors (Lipinski definition) is 3. The molecule has 0 aliphatic carbocycles. The van der Waals surface area contributed by atoms with Crippen LogP contribution in [-0.4, -0.2) is 26.8 Å². The van der Waals surface area contributed by atoms with Gasteiger partial charge in [-0.15, -0.1) is 0 Å². The summed E-state index contributed by atoms with van der Waals surface area (Å²) in [5.41, 5.74) is 5.54. The van der Waals surface area contributed by atoms with Gasteiger partial charge in [0.1, 0.15) is 15.9 Å². The van der Waals surface area contributed by atoms with Crippen LogP contribution < -0.4 is 11.0 Å². The quantitative estimate of drug-likeness (QED) is 0.564. The summed E-state index contributed by atoms with van der Waals surface area (Å²) in [5, 5.41) is -0.292. The Balaban J connectivity index is 2.54. The molecule has 0 aromatic carbocycles. The Hall–Kier alpha value is -1.67. The Kier molecular flexibility index (Phi) is 4.20. The van der Waals surface area contributed by atoms with Gasteiger partial charge in [0.15, 0.2) is 10.9 Å². The molecule has 0 unspecified atom stereocenters. The van der Waals surface area contributed by atoms with Crippen molar-refractivity contribution in [2.75, 3.05) is 5.73 Å². The molecule has 4 N–H and O–H groups in total. The van der Waals surface area contributed by atoms with Crippen molar-refractivity contribution in [1.82, 2.24) is 4.98 Å². The van der Waals surface area contributed by atoms with Gasteiger partial charge in [0, 0.05) is 0 Å². The Morgan fingerprint density at radius 2 is 2.19 bits per heavy atom. The van der Waals surface area contributed by atoms with Crippen LogP contribution in [-0.2, 0) is 9.30 Å². The van der Waals surface area contributed by atoms with Crippen molar-refractivity contribution in [3.05, 3.63) is 17.2 Å². The maximum Gasteiger partial charge on any atom is 0.360 e. The minimum Gasteiger partial charge on any atom is -0.462 e. The maximum absolute atomic E-state index is 12.0. The lowest BCUT2D eigenvalue weighted by atomic mass is 10.3. The van der Waals surface area contributed by atoms with Crippen LogP contribution in [0, 0.1) is 0 Å². The molecule has 8 nitrogen and oxygen atoms in total. The molecule has 2 rings (SSSR count). The second-order valence-corrected chi connectivity index (χ2v) is 6.96. The molecular weight excluding hydrogens is 319 g/mol. The van der Waals surface area contributed by atoms with E-state index in [1.165, 1.54) is 0 Å². The molecule has 0 fully saturated rings. The van der Waals surface area contributed by atoms with Gasteiger partial charge in [-0.2, -0.15) is 0 Å². The van der Waals surface area contributed by atoms with E-state index in [1.54, 1.807) is 13.8 Å². The molecule has 2 aromatic rings. The Bertz CT molecular complexity index is 716. The molecule has 0 bridgehead atoms. The first kappa shape index (κ1) is 15.7. The molecule has 0 saturated heterocycles. The van der Waals surface area contributed by atoms with Gasteiger partial charge in [-0.3, -0.25) is 4.57 Å². The summed E-state index contributed by atoms with van der Waals surface area (Å²) in [5.74, 6) is -0.866. The molecular formula is C11H13N2O6PS. The molecule has 0 aliphatic heterocycles. The van der Waals surface area contributed by atoms with Crippen molar-refractivity contribution in [1.29, 1.82) is 0 Å². The highest BCUT2D eigenvalue weighted by Gasteiger charge is 2.31. The smallest absolute Gasteiger partial charge is 0.360 e. The SMILES string of the molecule is CC(C)OC(=O)c1sc(N)nc1-c1occc1P(=O)(O)O. The van der Waals surface area contributed by atoms with Crippen molar-refractivity contribution < 1.29 is 28.3 Å². The summed E-state index contributed by atoms with van der Waals surface area (Å²) in [6.45, 7) is 3.35. The number of nitrogens with two attached hydrogens (primary N) is 1. The van der Waals surface area contributed by atoms with Gasteiger partial charge in [-0.05, 0) is 19.9 Å². The van der Waals surface area contributed by atoms with Crippen LogP contribution in [0.1, 0.15) is 23.5 Å². The first-order chi connectivity index (χ1) is 9.70. The summed E-state index contributed by atoms with van der Waals surface area (Å²) in [6.07, 6.45) is 0.753. The van der Waals surface area contributed by atoms with E-state index < -0.39 is 13.6 Å². The van der Waals surface area contributed by atoms with Crippen LogP contribution >= 0.6 is 18.9 Å². The predicted molar refractivity (Wildman–Crippen MR) is 76.5 cm³/mol. The predicted octanol–water partition coefficient (Wildman–Crippen LogP) is 1.35. The van der Waals surface area contributed by atoms with Crippen molar-refractivity contribution >= 4 is 35.3 Å². The van der Waals surface area contributed by atoms with E-state index in [1.807, 2.05) is 0 Å². The third kappa shape index (κ3) is 3.33. The van der Waals surface area contributed by atoms with Crippen LogP contribution in [0.5, 0.6) is 0 Å². The Labute approximate surface area is 123 Å². The van der Waals surface area contributed by atoms with Gasteiger partial charge in [0.2, 0.25) is 0 Å². The zero-order valence-corrected chi connectivity index (χ0v) is 12.9. The fourth-order valence-corrected chi connectivity index (χ4v) is 3.00. The molecule has 21 heavy (non-hydrogen) atoms. The zero-order valence-electron chi connectivity index (χ0n) is 11.1. The third-order valence-corrected chi connectivity index (χ3v) is 4.19. The molecule has 0 spiro atoms. The number of hydrogen-bond acceptors (Lipinski definition) is 7. The Morgan fingerprint density at radius 3 is 2.76 bits per heavy atom. The normalized spacial score (nSPS) is 11.9. The number of ether oxygens (including phenoxy) is 1. The maximum atomic E-state index is 12.0. The molecule has 2 heterocycles.